The molecule has 7 nitrogen and oxygen atoms in total. The number of pyridine rings is 2. The maximum absolute atomic E-state index is 13.8. The van der Waals surface area contributed by atoms with E-state index in [1.807, 2.05) is 24.3 Å². The number of piperidine rings is 1. The maximum Gasteiger partial charge on any atom is 0.222 e. The van der Waals surface area contributed by atoms with E-state index in [2.05, 4.69) is 25.3 Å². The molecule has 1 aliphatic rings. The predicted octanol–water partition coefficient (Wildman–Crippen LogP) is 4.88. The molecule has 0 saturated carbocycles. The molecule has 1 fully saturated rings. The fraction of sp³-hybridized carbons (Fsp3) is 0.333. The summed E-state index contributed by atoms with van der Waals surface area (Å²) in [6.45, 7) is 6.21. The van der Waals surface area contributed by atoms with Crippen molar-refractivity contribution in [2.75, 3.05) is 25.0 Å². The summed E-state index contributed by atoms with van der Waals surface area (Å²) in [7, 11) is 0. The molecule has 188 valence electrons. The standard InChI is InChI=1S/C27H29F2N5O2/c1-3-36-33-27(21-8-9-22(28)23(29)15-21)25-10-7-19(16-30-25)17-34-13-11-20(12-14-34)24-5-4-6-26(32-24)31-18(2)35/h4-10,15-16,20H,3,11-14,17H2,1-2H3,(H,31,32,35). The van der Waals surface area contributed by atoms with Crippen LogP contribution >= 0.6 is 0 Å². The van der Waals surface area contributed by atoms with Gasteiger partial charge in [0, 0.05) is 36.8 Å². The fourth-order valence-electron chi connectivity index (χ4n) is 4.25. The number of nitrogens with zero attached hydrogens (tertiary/aromatic N) is 4. The Morgan fingerprint density at radius 2 is 1.94 bits per heavy atom. The van der Waals surface area contributed by atoms with Gasteiger partial charge in [-0.15, -0.1) is 0 Å². The van der Waals surface area contributed by atoms with Crippen LogP contribution in [-0.4, -0.2) is 46.2 Å². The van der Waals surface area contributed by atoms with Gasteiger partial charge in [-0.2, -0.15) is 0 Å². The minimum absolute atomic E-state index is 0.129. The van der Waals surface area contributed by atoms with Crippen LogP contribution in [0.3, 0.4) is 0 Å². The first-order chi connectivity index (χ1) is 17.4. The summed E-state index contributed by atoms with van der Waals surface area (Å²) >= 11 is 0. The Balaban J connectivity index is 1.38. The van der Waals surface area contributed by atoms with Crippen molar-refractivity contribution >= 4 is 17.4 Å². The van der Waals surface area contributed by atoms with Crippen LogP contribution in [0.5, 0.6) is 0 Å². The summed E-state index contributed by atoms with van der Waals surface area (Å²) < 4.78 is 27.2. The lowest BCUT2D eigenvalue weighted by Gasteiger charge is -2.31. The number of hydrogen-bond donors (Lipinski definition) is 1. The minimum Gasteiger partial charge on any atom is -0.396 e. The van der Waals surface area contributed by atoms with Crippen LogP contribution in [0, 0.1) is 11.6 Å². The Hall–Kier alpha value is -3.72. The van der Waals surface area contributed by atoms with Crippen molar-refractivity contribution < 1.29 is 18.4 Å². The first-order valence-electron chi connectivity index (χ1n) is 12.0. The van der Waals surface area contributed by atoms with E-state index in [0.29, 0.717) is 35.3 Å². The van der Waals surface area contributed by atoms with E-state index in [1.165, 1.54) is 13.0 Å². The molecule has 0 spiro atoms. The van der Waals surface area contributed by atoms with Crippen LogP contribution in [0.15, 0.2) is 59.9 Å². The molecule has 0 unspecified atom stereocenters. The zero-order valence-corrected chi connectivity index (χ0v) is 20.4. The first-order valence-corrected chi connectivity index (χ1v) is 12.0. The van der Waals surface area contributed by atoms with E-state index in [1.54, 1.807) is 19.2 Å². The topological polar surface area (TPSA) is 79.7 Å². The molecule has 0 atom stereocenters. The highest BCUT2D eigenvalue weighted by molar-refractivity contribution is 6.11. The van der Waals surface area contributed by atoms with Crippen LogP contribution < -0.4 is 5.32 Å². The molecule has 0 bridgehead atoms. The summed E-state index contributed by atoms with van der Waals surface area (Å²) in [5.41, 5.74) is 3.30. The number of oxime groups is 1. The first kappa shape index (κ1) is 25.4. The van der Waals surface area contributed by atoms with E-state index in [0.717, 1.165) is 55.9 Å². The number of nitrogens with one attached hydrogen (secondary N) is 1. The van der Waals surface area contributed by atoms with E-state index in [4.69, 9.17) is 4.84 Å². The zero-order valence-electron chi connectivity index (χ0n) is 20.4. The van der Waals surface area contributed by atoms with Crippen molar-refractivity contribution in [2.24, 2.45) is 5.16 Å². The van der Waals surface area contributed by atoms with Crippen molar-refractivity contribution in [3.8, 4) is 0 Å². The van der Waals surface area contributed by atoms with Gasteiger partial charge in [0.25, 0.3) is 0 Å². The summed E-state index contributed by atoms with van der Waals surface area (Å²) in [5, 5.41) is 6.83. The average molecular weight is 494 g/mol. The summed E-state index contributed by atoms with van der Waals surface area (Å²) in [4.78, 5) is 28.0. The Labute approximate surface area is 209 Å². The average Bonchev–Trinajstić information content (AvgIpc) is 2.87. The summed E-state index contributed by atoms with van der Waals surface area (Å²) in [5.74, 6) is -1.06. The number of anilines is 1. The van der Waals surface area contributed by atoms with Gasteiger partial charge in [-0.05, 0) is 74.8 Å². The summed E-state index contributed by atoms with van der Waals surface area (Å²) in [6, 6.07) is 13.1. The molecule has 2 aromatic heterocycles. The van der Waals surface area contributed by atoms with E-state index in [-0.39, 0.29) is 5.91 Å². The molecule has 36 heavy (non-hydrogen) atoms. The lowest BCUT2D eigenvalue weighted by atomic mass is 9.93. The second kappa shape index (κ2) is 11.8. The lowest BCUT2D eigenvalue weighted by Crippen LogP contribution is -2.32. The summed E-state index contributed by atoms with van der Waals surface area (Å²) in [6.07, 6.45) is 3.73. The number of carbonyl (C=O) groups excluding carboxylic acids is 1. The SMILES string of the molecule is CCON=C(c1ccc(F)c(F)c1)c1ccc(CN2CCC(c3cccc(NC(C)=O)n3)CC2)cn1. The van der Waals surface area contributed by atoms with Crippen LogP contribution in [0.1, 0.15) is 55.1 Å². The monoisotopic (exact) mass is 493 g/mol. The van der Waals surface area contributed by atoms with Gasteiger partial charge in [0.1, 0.15) is 18.1 Å². The molecule has 9 heteroatoms. The van der Waals surface area contributed by atoms with Gasteiger partial charge in [0.15, 0.2) is 11.6 Å². The Kier molecular flexibility index (Phi) is 8.32. The number of likely N-dealkylation sites (tertiary alicyclic amines) is 1. The van der Waals surface area contributed by atoms with E-state index < -0.39 is 11.6 Å². The number of benzene rings is 1. The van der Waals surface area contributed by atoms with Crippen molar-refractivity contribution in [3.05, 3.63) is 88.9 Å². The maximum atomic E-state index is 13.8. The van der Waals surface area contributed by atoms with Gasteiger partial charge in [-0.25, -0.2) is 13.8 Å². The van der Waals surface area contributed by atoms with Crippen LogP contribution in [0.25, 0.3) is 0 Å². The molecule has 1 N–H and O–H groups in total. The molecule has 3 heterocycles. The minimum atomic E-state index is -0.950. The second-order valence-electron chi connectivity index (χ2n) is 8.72. The predicted molar refractivity (Wildman–Crippen MR) is 134 cm³/mol. The van der Waals surface area contributed by atoms with Crippen LogP contribution in [0.2, 0.25) is 0 Å². The number of rotatable bonds is 8. The van der Waals surface area contributed by atoms with Crippen molar-refractivity contribution in [2.45, 2.75) is 39.2 Å². The smallest absolute Gasteiger partial charge is 0.222 e. The van der Waals surface area contributed by atoms with E-state index >= 15 is 0 Å². The van der Waals surface area contributed by atoms with Gasteiger partial charge < -0.3 is 10.2 Å². The van der Waals surface area contributed by atoms with Crippen molar-refractivity contribution in [3.63, 3.8) is 0 Å². The number of amides is 1. The normalized spacial score (nSPS) is 15.1. The Bertz CT molecular complexity index is 1230. The number of hydrogen-bond acceptors (Lipinski definition) is 6. The Morgan fingerprint density at radius 1 is 1.14 bits per heavy atom. The number of halogens is 2. The third-order valence-corrected chi connectivity index (χ3v) is 6.03. The zero-order chi connectivity index (χ0) is 25.5. The molecule has 0 aliphatic carbocycles. The third kappa shape index (κ3) is 6.48. The van der Waals surface area contributed by atoms with Crippen LogP contribution in [-0.2, 0) is 16.2 Å². The lowest BCUT2D eigenvalue weighted by molar-refractivity contribution is -0.114. The highest BCUT2D eigenvalue weighted by Gasteiger charge is 2.22. The van der Waals surface area contributed by atoms with Crippen molar-refractivity contribution in [1.82, 2.24) is 14.9 Å². The van der Waals surface area contributed by atoms with Gasteiger partial charge in [-0.3, -0.25) is 14.7 Å². The fourth-order valence-corrected chi connectivity index (χ4v) is 4.25. The van der Waals surface area contributed by atoms with Gasteiger partial charge in [0.2, 0.25) is 5.91 Å². The quantitative estimate of drug-likeness (QED) is 0.357. The van der Waals surface area contributed by atoms with Crippen LogP contribution in [0.4, 0.5) is 14.6 Å². The van der Waals surface area contributed by atoms with Gasteiger partial charge in [-0.1, -0.05) is 17.3 Å². The number of carbonyl (C=O) groups is 1. The van der Waals surface area contributed by atoms with E-state index in [9.17, 15) is 13.6 Å². The van der Waals surface area contributed by atoms with Crippen molar-refractivity contribution in [1.29, 1.82) is 0 Å². The number of aromatic nitrogens is 2. The highest BCUT2D eigenvalue weighted by atomic mass is 19.2. The molecule has 1 aliphatic heterocycles. The second-order valence-corrected chi connectivity index (χ2v) is 8.72. The molecule has 3 aromatic rings. The Morgan fingerprint density at radius 3 is 2.61 bits per heavy atom. The molecular weight excluding hydrogens is 464 g/mol. The molecular formula is C27H29F2N5O2. The molecule has 1 amide bonds. The van der Waals surface area contributed by atoms with Gasteiger partial charge >= 0.3 is 0 Å². The molecule has 4 rings (SSSR count). The molecule has 1 aromatic carbocycles. The largest absolute Gasteiger partial charge is 0.396 e. The molecule has 1 saturated heterocycles. The highest BCUT2D eigenvalue weighted by Crippen LogP contribution is 2.28. The third-order valence-electron chi connectivity index (χ3n) is 6.03. The van der Waals surface area contributed by atoms with Gasteiger partial charge in [0.05, 0.1) is 5.69 Å². The molecule has 0 radical (unpaired) electrons.